The van der Waals surface area contributed by atoms with Crippen LogP contribution in [0.3, 0.4) is 0 Å². The van der Waals surface area contributed by atoms with E-state index in [1.54, 1.807) is 0 Å². The van der Waals surface area contributed by atoms with Crippen LogP contribution in [0.1, 0.15) is 15.9 Å². The second-order valence-electron chi connectivity index (χ2n) is 6.52. The highest BCUT2D eigenvalue weighted by molar-refractivity contribution is 7.89. The van der Waals surface area contributed by atoms with Crippen LogP contribution in [0.2, 0.25) is 0 Å². The number of nitrogens with two attached hydrogens (primary N) is 1. The summed E-state index contributed by atoms with van der Waals surface area (Å²) in [6, 6.07) is 1.97. The van der Waals surface area contributed by atoms with Gasteiger partial charge in [-0.3, -0.25) is 9.69 Å². The van der Waals surface area contributed by atoms with Crippen molar-refractivity contribution in [3.05, 3.63) is 41.7 Å². The molecule has 2 aromatic heterocycles. The van der Waals surface area contributed by atoms with Crippen LogP contribution >= 0.6 is 0 Å². The van der Waals surface area contributed by atoms with Gasteiger partial charge in [0.15, 0.2) is 17.4 Å². The highest BCUT2D eigenvalue weighted by Gasteiger charge is 2.53. The smallest absolute Gasteiger partial charge is 0.322 e. The fourth-order valence-electron chi connectivity index (χ4n) is 2.81. The number of anilines is 2. The largest absolute Gasteiger partial charge is 0.417 e. The zero-order valence-electron chi connectivity index (χ0n) is 15.4. The molecule has 0 aliphatic carbocycles. The molecule has 3 N–H and O–H groups in total. The Morgan fingerprint density at radius 1 is 1.06 bits per heavy atom. The monoisotopic (exact) mass is 487 g/mol. The molecule has 0 aromatic carbocycles. The van der Waals surface area contributed by atoms with E-state index in [1.807, 2.05) is 5.32 Å². The van der Waals surface area contributed by atoms with Crippen molar-refractivity contribution in [1.29, 1.82) is 0 Å². The number of nitrogens with one attached hydrogen (secondary N) is 1. The third kappa shape index (κ3) is 4.45. The van der Waals surface area contributed by atoms with Crippen LogP contribution in [0.5, 0.6) is 0 Å². The zero-order chi connectivity index (χ0) is 24.0. The summed E-state index contributed by atoms with van der Waals surface area (Å²) in [7, 11) is -4.31. The predicted octanol–water partition coefficient (Wildman–Crippen LogP) is 2.48. The molecule has 1 aliphatic rings. The Morgan fingerprint density at radius 3 is 2.19 bits per heavy atom. The number of hydrogen-bond donors (Lipinski definition) is 2. The van der Waals surface area contributed by atoms with Gasteiger partial charge in [-0.2, -0.15) is 13.2 Å². The maximum absolute atomic E-state index is 14.1. The lowest BCUT2D eigenvalue weighted by atomic mass is 10.1. The van der Waals surface area contributed by atoms with Gasteiger partial charge in [-0.15, -0.1) is 0 Å². The van der Waals surface area contributed by atoms with Crippen molar-refractivity contribution in [3.63, 3.8) is 0 Å². The number of sulfonamides is 1. The molecule has 0 bridgehead atoms. The standard InChI is InChI=1S/C16H12F7N5O3S/c17-10-11(18)13(20)28(12(10)19)14-8(3-6(5-26-14)16(21,22)23)15(29)27-7-1-2-25-9(4-7)32(24,30)31/h1-5,10-13H,(H2,24,30,31)(H,25,27,29). The average molecular weight is 487 g/mol. The molecule has 4 unspecified atom stereocenters. The van der Waals surface area contributed by atoms with Gasteiger partial charge in [-0.1, -0.05) is 0 Å². The number of alkyl halides is 7. The Hall–Kier alpha value is -3.01. The highest BCUT2D eigenvalue weighted by Crippen LogP contribution is 2.38. The van der Waals surface area contributed by atoms with E-state index in [0.29, 0.717) is 0 Å². The first-order valence-corrected chi connectivity index (χ1v) is 9.98. The minimum atomic E-state index is -5.03. The SMILES string of the molecule is NS(=O)(=O)c1cc(NC(=O)c2cc(C(F)(F)F)cnc2N2C(F)C(F)C(F)C2F)ccn1. The van der Waals surface area contributed by atoms with E-state index in [0.717, 1.165) is 18.3 Å². The summed E-state index contributed by atoms with van der Waals surface area (Å²) in [5, 5.41) is 6.20. The molecule has 1 amide bonds. The number of carbonyl (C=O) groups is 1. The number of primary sulfonamides is 1. The van der Waals surface area contributed by atoms with Crippen molar-refractivity contribution in [1.82, 2.24) is 9.97 Å². The topological polar surface area (TPSA) is 118 Å². The summed E-state index contributed by atoms with van der Waals surface area (Å²) in [6.45, 7) is 0. The second-order valence-corrected chi connectivity index (χ2v) is 8.02. The van der Waals surface area contributed by atoms with Gasteiger partial charge in [-0.25, -0.2) is 41.1 Å². The molecule has 0 saturated carbocycles. The van der Waals surface area contributed by atoms with E-state index < -0.39 is 69.0 Å². The van der Waals surface area contributed by atoms with Gasteiger partial charge in [0, 0.05) is 24.1 Å². The third-order valence-electron chi connectivity index (χ3n) is 4.33. The van der Waals surface area contributed by atoms with Crippen LogP contribution in [0, 0.1) is 0 Å². The Balaban J connectivity index is 2.06. The summed E-state index contributed by atoms with van der Waals surface area (Å²) in [4.78, 5) is 19.1. The highest BCUT2D eigenvalue weighted by atomic mass is 32.2. The Labute approximate surface area is 175 Å². The average Bonchev–Trinajstić information content (AvgIpc) is 2.89. The number of amides is 1. The molecule has 32 heavy (non-hydrogen) atoms. The minimum absolute atomic E-state index is 0.135. The summed E-state index contributed by atoms with van der Waals surface area (Å²) in [5.74, 6) is -2.54. The summed E-state index contributed by atoms with van der Waals surface area (Å²) in [6.07, 6.45) is -15.9. The van der Waals surface area contributed by atoms with Gasteiger partial charge in [-0.05, 0) is 12.1 Å². The van der Waals surface area contributed by atoms with Crippen molar-refractivity contribution < 1.29 is 43.9 Å². The molecule has 1 saturated heterocycles. The molecule has 4 atom stereocenters. The summed E-state index contributed by atoms with van der Waals surface area (Å²) < 4.78 is 117. The predicted molar refractivity (Wildman–Crippen MR) is 94.9 cm³/mol. The number of aromatic nitrogens is 2. The van der Waals surface area contributed by atoms with Crippen molar-refractivity contribution in [2.24, 2.45) is 5.14 Å². The maximum Gasteiger partial charge on any atom is 0.417 e. The molecular formula is C16H12F7N5O3S. The van der Waals surface area contributed by atoms with Gasteiger partial charge in [0.05, 0.1) is 11.1 Å². The molecule has 3 rings (SSSR count). The third-order valence-corrected chi connectivity index (χ3v) is 5.13. The molecule has 1 fully saturated rings. The Bertz CT molecular complexity index is 1130. The fourth-order valence-corrected chi connectivity index (χ4v) is 3.31. The summed E-state index contributed by atoms with van der Waals surface area (Å²) >= 11 is 0. The van der Waals surface area contributed by atoms with Crippen molar-refractivity contribution in [2.45, 2.75) is 36.1 Å². The van der Waals surface area contributed by atoms with Crippen LogP contribution in [0.15, 0.2) is 35.6 Å². The van der Waals surface area contributed by atoms with Crippen LogP contribution in [0.25, 0.3) is 0 Å². The number of carbonyl (C=O) groups excluding carboxylic acids is 1. The van der Waals surface area contributed by atoms with E-state index in [1.165, 1.54) is 0 Å². The van der Waals surface area contributed by atoms with E-state index >= 15 is 0 Å². The number of halogens is 7. The lowest BCUT2D eigenvalue weighted by Crippen LogP contribution is -2.36. The van der Waals surface area contributed by atoms with Crippen LogP contribution in [0.4, 0.5) is 42.2 Å². The van der Waals surface area contributed by atoms with Crippen LogP contribution < -0.4 is 15.4 Å². The number of hydrogen-bond acceptors (Lipinski definition) is 6. The molecular weight excluding hydrogens is 475 g/mol. The molecule has 0 spiro atoms. The quantitative estimate of drug-likeness (QED) is 0.506. The first-order valence-electron chi connectivity index (χ1n) is 8.44. The summed E-state index contributed by atoms with van der Waals surface area (Å²) in [5.41, 5.74) is -2.90. The van der Waals surface area contributed by atoms with Gasteiger partial charge in [0.2, 0.25) is 12.6 Å². The molecule has 2 aromatic rings. The maximum atomic E-state index is 14.1. The first kappa shape index (κ1) is 23.6. The van der Waals surface area contributed by atoms with Gasteiger partial charge in [0.25, 0.3) is 15.9 Å². The fraction of sp³-hybridized carbons (Fsp3) is 0.312. The minimum Gasteiger partial charge on any atom is -0.322 e. The van der Waals surface area contributed by atoms with Gasteiger partial charge in [0.1, 0.15) is 5.82 Å². The molecule has 0 radical (unpaired) electrons. The van der Waals surface area contributed by atoms with E-state index in [-0.39, 0.29) is 22.9 Å². The van der Waals surface area contributed by atoms with E-state index in [9.17, 15) is 43.9 Å². The lowest BCUT2D eigenvalue weighted by molar-refractivity contribution is -0.137. The molecule has 3 heterocycles. The van der Waals surface area contributed by atoms with E-state index in [2.05, 4.69) is 9.97 Å². The normalized spacial score (nSPS) is 23.9. The Kier molecular flexibility index (Phi) is 6.03. The zero-order valence-corrected chi connectivity index (χ0v) is 16.2. The van der Waals surface area contributed by atoms with Gasteiger partial charge >= 0.3 is 6.18 Å². The van der Waals surface area contributed by atoms with E-state index in [4.69, 9.17) is 5.14 Å². The Morgan fingerprint density at radius 2 is 1.66 bits per heavy atom. The van der Waals surface area contributed by atoms with Crippen LogP contribution in [-0.2, 0) is 16.2 Å². The van der Waals surface area contributed by atoms with Crippen LogP contribution in [-0.4, -0.2) is 49.2 Å². The number of nitrogens with zero attached hydrogens (tertiary/aromatic N) is 3. The molecule has 1 aliphatic heterocycles. The van der Waals surface area contributed by atoms with Crippen molar-refractivity contribution >= 4 is 27.4 Å². The van der Waals surface area contributed by atoms with Gasteiger partial charge < -0.3 is 5.32 Å². The molecule has 174 valence electrons. The van der Waals surface area contributed by atoms with Crippen molar-refractivity contribution in [3.8, 4) is 0 Å². The number of pyridine rings is 2. The first-order chi connectivity index (χ1) is 14.7. The molecule has 16 heteroatoms. The van der Waals surface area contributed by atoms with Crippen molar-refractivity contribution in [2.75, 3.05) is 10.2 Å². The second kappa shape index (κ2) is 8.16. The molecule has 8 nitrogen and oxygen atoms in total. The lowest BCUT2D eigenvalue weighted by Gasteiger charge is -2.25. The number of rotatable bonds is 4.